The SMILES string of the molecule is Cc1cccc(C(=O)N/N=C/c2ccccc2OCc2cccc(Cl)c2)c1. The first kappa shape index (κ1) is 18.7. The van der Waals surface area contributed by atoms with Gasteiger partial charge in [0.15, 0.2) is 0 Å². The fourth-order valence-electron chi connectivity index (χ4n) is 2.52. The minimum atomic E-state index is -0.257. The van der Waals surface area contributed by atoms with Crippen LogP contribution >= 0.6 is 11.6 Å². The molecule has 136 valence electrons. The number of para-hydroxylation sites is 1. The number of ether oxygens (including phenoxy) is 1. The molecule has 0 radical (unpaired) electrons. The lowest BCUT2D eigenvalue weighted by Crippen LogP contribution is -2.17. The van der Waals surface area contributed by atoms with E-state index in [1.165, 1.54) is 0 Å². The Morgan fingerprint density at radius 3 is 2.70 bits per heavy atom. The summed E-state index contributed by atoms with van der Waals surface area (Å²) < 4.78 is 5.87. The van der Waals surface area contributed by atoms with Crippen molar-refractivity contribution in [3.05, 3.63) is 100 Å². The number of hydrogen-bond donors (Lipinski definition) is 1. The highest BCUT2D eigenvalue weighted by atomic mass is 35.5. The van der Waals surface area contributed by atoms with E-state index >= 15 is 0 Å². The van der Waals surface area contributed by atoms with Crippen molar-refractivity contribution in [1.29, 1.82) is 0 Å². The predicted octanol–water partition coefficient (Wildman–Crippen LogP) is 4.99. The number of rotatable bonds is 6. The van der Waals surface area contributed by atoms with E-state index in [0.717, 1.165) is 16.7 Å². The van der Waals surface area contributed by atoms with Gasteiger partial charge in [-0.15, -0.1) is 0 Å². The Hall–Kier alpha value is -3.11. The zero-order valence-electron chi connectivity index (χ0n) is 14.9. The van der Waals surface area contributed by atoms with Crippen molar-refractivity contribution in [1.82, 2.24) is 5.43 Å². The maximum atomic E-state index is 12.1. The van der Waals surface area contributed by atoms with Crippen molar-refractivity contribution in [2.24, 2.45) is 5.10 Å². The third-order valence-electron chi connectivity index (χ3n) is 3.85. The zero-order valence-corrected chi connectivity index (χ0v) is 15.6. The van der Waals surface area contributed by atoms with E-state index in [4.69, 9.17) is 16.3 Å². The molecule has 0 spiro atoms. The van der Waals surface area contributed by atoms with Gasteiger partial charge < -0.3 is 4.74 Å². The van der Waals surface area contributed by atoms with Gasteiger partial charge in [0, 0.05) is 16.1 Å². The fourth-order valence-corrected chi connectivity index (χ4v) is 2.73. The molecular weight excluding hydrogens is 360 g/mol. The molecular formula is C22H19ClN2O2. The van der Waals surface area contributed by atoms with Crippen LogP contribution in [0, 0.1) is 6.92 Å². The van der Waals surface area contributed by atoms with Gasteiger partial charge in [0.25, 0.3) is 5.91 Å². The van der Waals surface area contributed by atoms with E-state index in [1.807, 2.05) is 73.7 Å². The number of hydrogen-bond acceptors (Lipinski definition) is 3. The molecule has 0 aliphatic carbocycles. The molecule has 27 heavy (non-hydrogen) atoms. The van der Waals surface area contributed by atoms with Crippen LogP contribution in [0.15, 0.2) is 77.9 Å². The quantitative estimate of drug-likeness (QED) is 0.485. The summed E-state index contributed by atoms with van der Waals surface area (Å²) in [5.74, 6) is 0.415. The molecule has 0 heterocycles. The monoisotopic (exact) mass is 378 g/mol. The molecule has 1 amide bonds. The van der Waals surface area contributed by atoms with Crippen molar-refractivity contribution in [2.45, 2.75) is 13.5 Å². The van der Waals surface area contributed by atoms with Crippen LogP contribution in [0.3, 0.4) is 0 Å². The number of aryl methyl sites for hydroxylation is 1. The van der Waals surface area contributed by atoms with E-state index in [0.29, 0.717) is 22.9 Å². The van der Waals surface area contributed by atoms with Gasteiger partial charge in [0.05, 0.1) is 6.21 Å². The number of benzene rings is 3. The summed E-state index contributed by atoms with van der Waals surface area (Å²) in [6, 6.07) is 22.4. The van der Waals surface area contributed by atoms with Gasteiger partial charge in [-0.2, -0.15) is 5.10 Å². The van der Waals surface area contributed by atoms with Crippen LogP contribution in [0.1, 0.15) is 27.0 Å². The van der Waals surface area contributed by atoms with Gasteiger partial charge in [0.2, 0.25) is 0 Å². The Kier molecular flexibility index (Phi) is 6.23. The summed E-state index contributed by atoms with van der Waals surface area (Å²) in [5.41, 5.74) is 5.87. The number of nitrogens with one attached hydrogen (secondary N) is 1. The lowest BCUT2D eigenvalue weighted by Gasteiger charge is -2.09. The topological polar surface area (TPSA) is 50.7 Å². The number of amides is 1. The van der Waals surface area contributed by atoms with Crippen LogP contribution in [-0.2, 0) is 6.61 Å². The minimum Gasteiger partial charge on any atom is -0.488 e. The molecule has 3 aromatic rings. The molecule has 0 saturated carbocycles. The van der Waals surface area contributed by atoms with Crippen LogP contribution in [0.4, 0.5) is 0 Å². The Balaban J connectivity index is 1.65. The summed E-state index contributed by atoms with van der Waals surface area (Å²) in [7, 11) is 0. The third-order valence-corrected chi connectivity index (χ3v) is 4.09. The molecule has 0 saturated heterocycles. The third kappa shape index (κ3) is 5.43. The number of hydrazone groups is 1. The molecule has 5 heteroatoms. The van der Waals surface area contributed by atoms with Crippen LogP contribution < -0.4 is 10.2 Å². The van der Waals surface area contributed by atoms with E-state index in [9.17, 15) is 4.79 Å². The Labute approximate surface area is 163 Å². The van der Waals surface area contributed by atoms with Crippen LogP contribution in [0.2, 0.25) is 5.02 Å². The Morgan fingerprint density at radius 1 is 1.07 bits per heavy atom. The maximum absolute atomic E-state index is 12.1. The van der Waals surface area contributed by atoms with Crippen molar-refractivity contribution >= 4 is 23.7 Å². The minimum absolute atomic E-state index is 0.257. The van der Waals surface area contributed by atoms with Crippen molar-refractivity contribution in [3.63, 3.8) is 0 Å². The Morgan fingerprint density at radius 2 is 1.89 bits per heavy atom. The normalized spacial score (nSPS) is 10.7. The smallest absolute Gasteiger partial charge is 0.271 e. The van der Waals surface area contributed by atoms with E-state index in [-0.39, 0.29) is 5.91 Å². The van der Waals surface area contributed by atoms with E-state index in [1.54, 1.807) is 12.3 Å². The highest BCUT2D eigenvalue weighted by Crippen LogP contribution is 2.19. The van der Waals surface area contributed by atoms with Gasteiger partial charge in [-0.25, -0.2) is 5.43 Å². The molecule has 4 nitrogen and oxygen atoms in total. The Bertz CT molecular complexity index is 970. The number of carbonyl (C=O) groups is 1. The first-order chi connectivity index (χ1) is 13.1. The second kappa shape index (κ2) is 9.01. The molecule has 0 atom stereocenters. The van der Waals surface area contributed by atoms with Crippen LogP contribution in [0.5, 0.6) is 5.75 Å². The van der Waals surface area contributed by atoms with Crippen LogP contribution in [-0.4, -0.2) is 12.1 Å². The number of halogens is 1. The molecule has 0 aliphatic rings. The van der Waals surface area contributed by atoms with Crippen LogP contribution in [0.25, 0.3) is 0 Å². The lowest BCUT2D eigenvalue weighted by molar-refractivity contribution is 0.0955. The average Bonchev–Trinajstić information content (AvgIpc) is 2.67. The molecule has 0 unspecified atom stereocenters. The van der Waals surface area contributed by atoms with Gasteiger partial charge in [-0.3, -0.25) is 4.79 Å². The van der Waals surface area contributed by atoms with E-state index in [2.05, 4.69) is 10.5 Å². The summed E-state index contributed by atoms with van der Waals surface area (Å²) >= 11 is 6.00. The molecule has 1 N–H and O–H groups in total. The fraction of sp³-hybridized carbons (Fsp3) is 0.0909. The second-order valence-corrected chi connectivity index (χ2v) is 6.46. The van der Waals surface area contributed by atoms with E-state index < -0.39 is 0 Å². The summed E-state index contributed by atoms with van der Waals surface area (Å²) in [6.07, 6.45) is 1.57. The first-order valence-corrected chi connectivity index (χ1v) is 8.86. The number of nitrogens with zero attached hydrogens (tertiary/aromatic N) is 1. The van der Waals surface area contributed by atoms with Crippen molar-refractivity contribution in [2.75, 3.05) is 0 Å². The van der Waals surface area contributed by atoms with Crippen molar-refractivity contribution < 1.29 is 9.53 Å². The summed E-state index contributed by atoms with van der Waals surface area (Å²) in [4.78, 5) is 12.1. The molecule has 0 aromatic heterocycles. The summed E-state index contributed by atoms with van der Waals surface area (Å²) in [6.45, 7) is 2.33. The lowest BCUT2D eigenvalue weighted by atomic mass is 10.1. The molecule has 3 rings (SSSR count). The first-order valence-electron chi connectivity index (χ1n) is 8.48. The predicted molar refractivity (Wildman–Crippen MR) is 108 cm³/mol. The van der Waals surface area contributed by atoms with Gasteiger partial charge in [-0.1, -0.05) is 53.6 Å². The van der Waals surface area contributed by atoms with Gasteiger partial charge in [0.1, 0.15) is 12.4 Å². The van der Waals surface area contributed by atoms with Gasteiger partial charge in [-0.05, 0) is 48.9 Å². The highest BCUT2D eigenvalue weighted by Gasteiger charge is 2.05. The van der Waals surface area contributed by atoms with Gasteiger partial charge >= 0.3 is 0 Å². The van der Waals surface area contributed by atoms with Crippen molar-refractivity contribution in [3.8, 4) is 5.75 Å². The molecule has 0 bridgehead atoms. The summed E-state index contributed by atoms with van der Waals surface area (Å²) in [5, 5.41) is 4.72. The largest absolute Gasteiger partial charge is 0.488 e. The molecule has 3 aromatic carbocycles. The molecule has 0 fully saturated rings. The average molecular weight is 379 g/mol. The number of carbonyl (C=O) groups excluding carboxylic acids is 1. The standard InChI is InChI=1S/C22H19ClN2O2/c1-16-6-4-9-18(12-16)22(26)25-24-14-19-8-2-3-11-21(19)27-15-17-7-5-10-20(23)13-17/h2-14H,15H2,1H3,(H,25,26)/b24-14+. The zero-order chi connectivity index (χ0) is 19.1. The highest BCUT2D eigenvalue weighted by molar-refractivity contribution is 6.30. The second-order valence-electron chi connectivity index (χ2n) is 6.03. The molecule has 0 aliphatic heterocycles. The maximum Gasteiger partial charge on any atom is 0.271 e.